The molecule has 1 fully saturated rings. The summed E-state index contributed by atoms with van der Waals surface area (Å²) in [5.41, 5.74) is 3.97. The third kappa shape index (κ3) is 5.96. The molecule has 1 saturated heterocycles. The van der Waals surface area contributed by atoms with Gasteiger partial charge in [0, 0.05) is 42.5 Å². The maximum absolute atomic E-state index is 14.9. The molecule has 1 aliphatic heterocycles. The number of hydrogen-bond donors (Lipinski definition) is 2. The molecule has 42 heavy (non-hydrogen) atoms. The second-order valence-electron chi connectivity index (χ2n) is 9.77. The molecular formula is C31H26F2N6O3. The van der Waals surface area contributed by atoms with Gasteiger partial charge in [0.25, 0.3) is 11.8 Å². The Morgan fingerprint density at radius 1 is 0.857 bits per heavy atom. The van der Waals surface area contributed by atoms with Gasteiger partial charge in [0.05, 0.1) is 18.9 Å². The highest BCUT2D eigenvalue weighted by Crippen LogP contribution is 2.23. The zero-order chi connectivity index (χ0) is 29.1. The van der Waals surface area contributed by atoms with Crippen LogP contribution in [0, 0.1) is 11.6 Å². The number of benzene rings is 3. The zero-order valence-corrected chi connectivity index (χ0v) is 22.4. The fourth-order valence-electron chi connectivity index (χ4n) is 4.63. The summed E-state index contributed by atoms with van der Waals surface area (Å²) in [5, 5.41) is 10.1. The minimum Gasteiger partial charge on any atom is -0.378 e. The summed E-state index contributed by atoms with van der Waals surface area (Å²) >= 11 is 0. The zero-order valence-electron chi connectivity index (χ0n) is 22.4. The number of carbonyl (C=O) groups excluding carboxylic acids is 2. The number of aromatic nitrogens is 3. The third-order valence-electron chi connectivity index (χ3n) is 6.94. The molecular weight excluding hydrogens is 542 g/mol. The normalized spacial score (nSPS) is 13.2. The maximum Gasteiger partial charge on any atom is 0.254 e. The standard InChI is InChI=1S/C31H26F2N6O3/c32-25-9-1-20(2-10-25)18-34-29(40)22-5-3-21(4-6-22)24-8-12-28-36-31(37-39(28)19-24)35-27-11-7-23(17-26(27)33)30(41)38-13-15-42-16-14-38/h1-12,17,19H,13-16,18H2,(H,34,40)(H,35,37). The molecule has 6 rings (SSSR count). The van der Waals surface area contributed by atoms with Crippen LogP contribution >= 0.6 is 0 Å². The van der Waals surface area contributed by atoms with Gasteiger partial charge in [-0.05, 0) is 65.7 Å². The predicted octanol–water partition coefficient (Wildman–Crippen LogP) is 4.82. The van der Waals surface area contributed by atoms with Gasteiger partial charge in [-0.1, -0.05) is 24.3 Å². The van der Waals surface area contributed by atoms with Gasteiger partial charge in [-0.15, -0.1) is 5.10 Å². The van der Waals surface area contributed by atoms with E-state index in [0.717, 1.165) is 16.7 Å². The molecule has 3 heterocycles. The first kappa shape index (κ1) is 27.0. The van der Waals surface area contributed by atoms with Crippen LogP contribution in [0.4, 0.5) is 20.4 Å². The predicted molar refractivity (Wildman–Crippen MR) is 152 cm³/mol. The van der Waals surface area contributed by atoms with E-state index in [4.69, 9.17) is 4.74 Å². The van der Waals surface area contributed by atoms with Gasteiger partial charge >= 0.3 is 0 Å². The van der Waals surface area contributed by atoms with Gasteiger partial charge in [0.2, 0.25) is 5.95 Å². The van der Waals surface area contributed by atoms with E-state index in [1.807, 2.05) is 18.2 Å². The van der Waals surface area contributed by atoms with Crippen LogP contribution in [-0.4, -0.2) is 57.6 Å². The molecule has 0 atom stereocenters. The summed E-state index contributed by atoms with van der Waals surface area (Å²) in [6.45, 7) is 2.19. The fourth-order valence-corrected chi connectivity index (χ4v) is 4.63. The van der Waals surface area contributed by atoms with Crippen LogP contribution in [0.2, 0.25) is 0 Å². The Morgan fingerprint density at radius 3 is 2.31 bits per heavy atom. The van der Waals surface area contributed by atoms with Gasteiger partial charge in [0.15, 0.2) is 5.65 Å². The molecule has 212 valence electrons. The van der Waals surface area contributed by atoms with Crippen LogP contribution in [0.5, 0.6) is 0 Å². The van der Waals surface area contributed by atoms with Crippen LogP contribution < -0.4 is 10.6 Å². The second-order valence-corrected chi connectivity index (χ2v) is 9.77. The Balaban J connectivity index is 1.12. The molecule has 2 N–H and O–H groups in total. The van der Waals surface area contributed by atoms with Crippen molar-refractivity contribution in [3.05, 3.63) is 113 Å². The number of hydrogen-bond acceptors (Lipinski definition) is 6. The quantitative estimate of drug-likeness (QED) is 0.292. The highest BCUT2D eigenvalue weighted by Gasteiger charge is 2.20. The first-order chi connectivity index (χ1) is 20.4. The number of amides is 2. The molecule has 1 aliphatic rings. The van der Waals surface area contributed by atoms with E-state index < -0.39 is 5.82 Å². The Bertz CT molecular complexity index is 1750. The SMILES string of the molecule is O=C(NCc1ccc(F)cc1)c1ccc(-c2ccc3nc(Nc4ccc(C(=O)N5CCOCC5)cc4F)nn3c2)cc1. The van der Waals surface area contributed by atoms with E-state index in [9.17, 15) is 18.4 Å². The van der Waals surface area contributed by atoms with E-state index in [0.29, 0.717) is 44.1 Å². The fraction of sp³-hybridized carbons (Fsp3) is 0.161. The number of rotatable bonds is 7. The molecule has 5 aromatic rings. The molecule has 0 bridgehead atoms. The number of anilines is 2. The minimum absolute atomic E-state index is 0.151. The summed E-state index contributed by atoms with van der Waals surface area (Å²) in [5.74, 6) is -1.18. The van der Waals surface area contributed by atoms with Crippen LogP contribution in [0.3, 0.4) is 0 Å². The van der Waals surface area contributed by atoms with Crippen LogP contribution in [0.15, 0.2) is 85.1 Å². The van der Waals surface area contributed by atoms with E-state index in [2.05, 4.69) is 20.7 Å². The minimum atomic E-state index is -0.588. The number of nitrogens with one attached hydrogen (secondary N) is 2. The number of fused-ring (bicyclic) bond motifs is 1. The summed E-state index contributed by atoms with van der Waals surface area (Å²) in [6.07, 6.45) is 1.79. The highest BCUT2D eigenvalue weighted by atomic mass is 19.1. The van der Waals surface area contributed by atoms with Gasteiger partial charge < -0.3 is 20.3 Å². The number of halogens is 2. The average molecular weight is 569 g/mol. The molecule has 0 aliphatic carbocycles. The lowest BCUT2D eigenvalue weighted by Crippen LogP contribution is -2.40. The Morgan fingerprint density at radius 2 is 1.57 bits per heavy atom. The van der Waals surface area contributed by atoms with Crippen molar-refractivity contribution in [2.45, 2.75) is 6.54 Å². The molecule has 0 spiro atoms. The van der Waals surface area contributed by atoms with E-state index in [1.54, 1.807) is 52.0 Å². The molecule has 2 amide bonds. The van der Waals surface area contributed by atoms with Crippen molar-refractivity contribution < 1.29 is 23.1 Å². The average Bonchev–Trinajstić information content (AvgIpc) is 3.43. The largest absolute Gasteiger partial charge is 0.378 e. The van der Waals surface area contributed by atoms with E-state index in [-0.39, 0.29) is 34.8 Å². The van der Waals surface area contributed by atoms with Gasteiger partial charge in [0.1, 0.15) is 11.6 Å². The van der Waals surface area contributed by atoms with E-state index in [1.165, 1.54) is 24.3 Å². The summed E-state index contributed by atoms with van der Waals surface area (Å²) in [4.78, 5) is 31.3. The molecule has 9 nitrogen and oxygen atoms in total. The number of carbonyl (C=O) groups is 2. The third-order valence-corrected chi connectivity index (χ3v) is 6.94. The Hall–Kier alpha value is -5.16. The topological polar surface area (TPSA) is 101 Å². The smallest absolute Gasteiger partial charge is 0.254 e. The number of ether oxygens (including phenoxy) is 1. The van der Waals surface area contributed by atoms with Crippen molar-refractivity contribution in [3.8, 4) is 11.1 Å². The molecule has 2 aromatic heterocycles. The van der Waals surface area contributed by atoms with Crippen molar-refractivity contribution in [2.75, 3.05) is 31.6 Å². The Labute approximate surface area is 239 Å². The molecule has 3 aromatic carbocycles. The van der Waals surface area contributed by atoms with Crippen molar-refractivity contribution >= 4 is 29.1 Å². The molecule has 0 saturated carbocycles. The summed E-state index contributed by atoms with van der Waals surface area (Å²) < 4.78 is 34.8. The highest BCUT2D eigenvalue weighted by molar-refractivity contribution is 5.95. The van der Waals surface area contributed by atoms with Crippen molar-refractivity contribution in [2.24, 2.45) is 0 Å². The molecule has 11 heteroatoms. The second kappa shape index (κ2) is 11.8. The molecule has 0 radical (unpaired) electrons. The Kier molecular flexibility index (Phi) is 7.56. The number of nitrogens with zero attached hydrogens (tertiary/aromatic N) is 4. The monoisotopic (exact) mass is 568 g/mol. The van der Waals surface area contributed by atoms with Crippen LogP contribution in [0.1, 0.15) is 26.3 Å². The van der Waals surface area contributed by atoms with Crippen LogP contribution in [-0.2, 0) is 11.3 Å². The lowest BCUT2D eigenvalue weighted by atomic mass is 10.1. The maximum atomic E-state index is 14.9. The number of pyridine rings is 1. The van der Waals surface area contributed by atoms with E-state index >= 15 is 0 Å². The lowest BCUT2D eigenvalue weighted by molar-refractivity contribution is 0.0302. The molecule has 0 unspecified atom stereocenters. The van der Waals surface area contributed by atoms with Crippen molar-refractivity contribution in [1.29, 1.82) is 0 Å². The van der Waals surface area contributed by atoms with Crippen LogP contribution in [0.25, 0.3) is 16.8 Å². The number of morpholine rings is 1. The first-order valence-electron chi connectivity index (χ1n) is 13.4. The van der Waals surface area contributed by atoms with Gasteiger partial charge in [-0.25, -0.2) is 13.3 Å². The van der Waals surface area contributed by atoms with Gasteiger partial charge in [-0.2, -0.15) is 4.98 Å². The van der Waals surface area contributed by atoms with Crippen molar-refractivity contribution in [3.63, 3.8) is 0 Å². The van der Waals surface area contributed by atoms with Gasteiger partial charge in [-0.3, -0.25) is 9.59 Å². The first-order valence-corrected chi connectivity index (χ1v) is 13.4. The lowest BCUT2D eigenvalue weighted by Gasteiger charge is -2.26. The summed E-state index contributed by atoms with van der Waals surface area (Å²) in [7, 11) is 0. The summed E-state index contributed by atoms with van der Waals surface area (Å²) in [6, 6.07) is 21.0. The van der Waals surface area contributed by atoms with Crippen molar-refractivity contribution in [1.82, 2.24) is 24.8 Å².